The lowest BCUT2D eigenvalue weighted by Gasteiger charge is -2.40. The van der Waals surface area contributed by atoms with Crippen LogP contribution in [-0.4, -0.2) is 37.9 Å². The maximum Gasteiger partial charge on any atom is 0.490 e. The van der Waals surface area contributed by atoms with Crippen LogP contribution < -0.4 is 4.90 Å². The fourth-order valence-electron chi connectivity index (χ4n) is 3.24. The molecule has 0 amide bonds. The summed E-state index contributed by atoms with van der Waals surface area (Å²) >= 11 is 0. The summed E-state index contributed by atoms with van der Waals surface area (Å²) in [5, 5.41) is 0. The van der Waals surface area contributed by atoms with Gasteiger partial charge in [0, 0.05) is 5.92 Å². The molecular formula is C12H19F3NO2+. The molecule has 0 aromatic carbocycles. The van der Waals surface area contributed by atoms with Crippen molar-refractivity contribution in [1.82, 2.24) is 0 Å². The van der Waals surface area contributed by atoms with E-state index in [0.717, 1.165) is 38.8 Å². The molecule has 0 aliphatic carbocycles. The van der Waals surface area contributed by atoms with Crippen molar-refractivity contribution in [2.45, 2.75) is 44.3 Å². The van der Waals surface area contributed by atoms with E-state index in [1.165, 1.54) is 11.3 Å². The largest absolute Gasteiger partial charge is 0.490 e. The summed E-state index contributed by atoms with van der Waals surface area (Å²) in [6.07, 6.45) is 0.398. The predicted octanol–water partition coefficient (Wildman–Crippen LogP) is 0.939. The Morgan fingerprint density at radius 3 is 2.61 bits per heavy atom. The van der Waals surface area contributed by atoms with Crippen molar-refractivity contribution < 1.29 is 27.6 Å². The molecule has 2 aliphatic heterocycles. The van der Waals surface area contributed by atoms with Gasteiger partial charge in [-0.1, -0.05) is 0 Å². The molecule has 2 aliphatic rings. The highest BCUT2D eigenvalue weighted by molar-refractivity contribution is 5.75. The molecule has 104 valence electrons. The second-order valence-electron chi connectivity index (χ2n) is 5.26. The van der Waals surface area contributed by atoms with Crippen LogP contribution in [0.2, 0.25) is 0 Å². The maximum atomic E-state index is 12.1. The summed E-state index contributed by atoms with van der Waals surface area (Å²) in [6, 6.07) is 0.383. The van der Waals surface area contributed by atoms with Crippen molar-refractivity contribution in [2.75, 3.05) is 19.7 Å². The van der Waals surface area contributed by atoms with E-state index in [9.17, 15) is 18.0 Å². The Morgan fingerprint density at radius 1 is 1.17 bits per heavy atom. The van der Waals surface area contributed by atoms with Crippen LogP contribution in [0.15, 0.2) is 0 Å². The van der Waals surface area contributed by atoms with Crippen LogP contribution in [0, 0.1) is 5.92 Å². The Morgan fingerprint density at radius 2 is 1.89 bits per heavy atom. The molecule has 2 heterocycles. The van der Waals surface area contributed by atoms with Gasteiger partial charge in [0.25, 0.3) is 0 Å². The third-order valence-corrected chi connectivity index (χ3v) is 4.09. The minimum absolute atomic E-state index is 0.0769. The highest BCUT2D eigenvalue weighted by Gasteiger charge is 2.43. The minimum atomic E-state index is -4.87. The first-order valence-electron chi connectivity index (χ1n) is 6.57. The fourth-order valence-corrected chi connectivity index (χ4v) is 3.24. The van der Waals surface area contributed by atoms with Gasteiger partial charge in [0.2, 0.25) is 0 Å². The van der Waals surface area contributed by atoms with Gasteiger partial charge in [0.15, 0.2) is 0 Å². The van der Waals surface area contributed by atoms with Gasteiger partial charge in [-0.05, 0) is 32.1 Å². The van der Waals surface area contributed by atoms with Crippen molar-refractivity contribution in [2.24, 2.45) is 5.92 Å². The molecule has 3 nitrogen and oxygen atoms in total. The molecule has 1 unspecified atom stereocenters. The number of quaternary nitrogens is 1. The Balaban J connectivity index is 1.86. The predicted molar refractivity (Wildman–Crippen MR) is 58.1 cm³/mol. The van der Waals surface area contributed by atoms with E-state index in [-0.39, 0.29) is 12.5 Å². The normalized spacial score (nSPS) is 32.7. The number of halogens is 3. The van der Waals surface area contributed by atoms with Gasteiger partial charge in [-0.3, -0.25) is 0 Å². The zero-order valence-electron chi connectivity index (χ0n) is 10.3. The Bertz CT molecular complexity index is 304. The number of esters is 1. The summed E-state index contributed by atoms with van der Waals surface area (Å²) < 4.78 is 40.6. The number of fused-ring (bicyclic) bond motifs is 1. The minimum Gasteiger partial charge on any atom is -0.458 e. The van der Waals surface area contributed by atoms with Gasteiger partial charge in [0.05, 0.1) is 19.1 Å². The van der Waals surface area contributed by atoms with Gasteiger partial charge in [-0.15, -0.1) is 0 Å². The Hall–Kier alpha value is -0.780. The van der Waals surface area contributed by atoms with Crippen molar-refractivity contribution >= 4 is 5.97 Å². The van der Waals surface area contributed by atoms with Gasteiger partial charge in [-0.2, -0.15) is 13.2 Å². The van der Waals surface area contributed by atoms with E-state index in [4.69, 9.17) is 0 Å². The number of piperidine rings is 2. The van der Waals surface area contributed by atoms with Crippen LogP contribution in [0.25, 0.3) is 0 Å². The SMILES string of the molecule is O=C(OC[C@H]1CCC[NH+]2CCCC[C@@H]12)C(F)(F)F. The fraction of sp³-hybridized carbons (Fsp3) is 0.917. The second-order valence-corrected chi connectivity index (χ2v) is 5.26. The number of nitrogens with one attached hydrogen (secondary N) is 1. The lowest BCUT2D eigenvalue weighted by molar-refractivity contribution is -0.940. The van der Waals surface area contributed by atoms with E-state index < -0.39 is 12.1 Å². The molecule has 2 saturated heterocycles. The molecule has 2 rings (SSSR count). The highest BCUT2D eigenvalue weighted by atomic mass is 19.4. The van der Waals surface area contributed by atoms with E-state index in [2.05, 4.69) is 4.74 Å². The lowest BCUT2D eigenvalue weighted by Crippen LogP contribution is -3.18. The number of carbonyl (C=O) groups excluding carboxylic acids is 1. The van der Waals surface area contributed by atoms with Gasteiger partial charge in [0.1, 0.15) is 6.61 Å². The lowest BCUT2D eigenvalue weighted by atomic mass is 9.84. The first kappa shape index (κ1) is 13.6. The van der Waals surface area contributed by atoms with Crippen molar-refractivity contribution in [1.29, 1.82) is 0 Å². The van der Waals surface area contributed by atoms with E-state index in [0.29, 0.717) is 6.04 Å². The summed E-state index contributed by atoms with van der Waals surface area (Å²) in [5.74, 6) is -1.95. The van der Waals surface area contributed by atoms with Crippen molar-refractivity contribution in [3.05, 3.63) is 0 Å². The van der Waals surface area contributed by atoms with Crippen molar-refractivity contribution in [3.63, 3.8) is 0 Å². The third-order valence-electron chi connectivity index (χ3n) is 4.09. The molecule has 2 fully saturated rings. The molecule has 0 spiro atoms. The average Bonchev–Trinajstić information content (AvgIpc) is 2.34. The molecule has 0 radical (unpaired) electrons. The molecule has 6 heteroatoms. The summed E-state index contributed by atoms with van der Waals surface area (Å²) in [7, 11) is 0. The Labute approximate surface area is 104 Å². The number of ether oxygens (including phenoxy) is 1. The van der Waals surface area contributed by atoms with E-state index in [1.54, 1.807) is 0 Å². The van der Waals surface area contributed by atoms with Gasteiger partial charge >= 0.3 is 12.1 Å². The van der Waals surface area contributed by atoms with Gasteiger partial charge < -0.3 is 9.64 Å². The maximum absolute atomic E-state index is 12.1. The first-order chi connectivity index (χ1) is 8.48. The number of hydrogen-bond donors (Lipinski definition) is 1. The quantitative estimate of drug-likeness (QED) is 0.754. The molecule has 0 saturated carbocycles. The molecular weight excluding hydrogens is 247 g/mol. The molecule has 0 aromatic rings. The smallest absolute Gasteiger partial charge is 0.458 e. The third kappa shape index (κ3) is 3.16. The van der Waals surface area contributed by atoms with Gasteiger partial charge in [-0.25, -0.2) is 4.79 Å². The highest BCUT2D eigenvalue weighted by Crippen LogP contribution is 2.22. The molecule has 3 atom stereocenters. The molecule has 18 heavy (non-hydrogen) atoms. The zero-order valence-corrected chi connectivity index (χ0v) is 10.3. The van der Waals surface area contributed by atoms with Crippen LogP contribution in [0.3, 0.4) is 0 Å². The number of carbonyl (C=O) groups is 1. The van der Waals surface area contributed by atoms with Crippen LogP contribution >= 0.6 is 0 Å². The van der Waals surface area contributed by atoms with Crippen LogP contribution in [0.1, 0.15) is 32.1 Å². The second kappa shape index (κ2) is 5.47. The molecule has 1 N–H and O–H groups in total. The Kier molecular flexibility index (Phi) is 4.14. The monoisotopic (exact) mass is 266 g/mol. The average molecular weight is 266 g/mol. The van der Waals surface area contributed by atoms with Crippen LogP contribution in [-0.2, 0) is 9.53 Å². The summed E-state index contributed by atoms with van der Waals surface area (Å²) in [5.41, 5.74) is 0. The number of alkyl halides is 3. The summed E-state index contributed by atoms with van der Waals surface area (Å²) in [6.45, 7) is 2.13. The standard InChI is InChI=1S/C12H18F3NO2/c13-12(14,15)11(17)18-8-9-4-3-7-16-6-2-1-5-10(9)16/h9-10H,1-8H2/p+1/t9-,10+/m1/s1. The first-order valence-corrected chi connectivity index (χ1v) is 6.57. The summed E-state index contributed by atoms with van der Waals surface area (Å²) in [4.78, 5) is 12.2. The number of hydrogen-bond acceptors (Lipinski definition) is 2. The zero-order chi connectivity index (χ0) is 13.2. The van der Waals surface area contributed by atoms with Crippen LogP contribution in [0.5, 0.6) is 0 Å². The molecule has 0 aromatic heterocycles. The van der Waals surface area contributed by atoms with E-state index in [1.807, 2.05) is 0 Å². The molecule has 0 bridgehead atoms. The number of rotatable bonds is 2. The van der Waals surface area contributed by atoms with E-state index >= 15 is 0 Å². The van der Waals surface area contributed by atoms with Crippen LogP contribution in [0.4, 0.5) is 13.2 Å². The van der Waals surface area contributed by atoms with Crippen molar-refractivity contribution in [3.8, 4) is 0 Å². The topological polar surface area (TPSA) is 30.7 Å².